The number of hydrogen-bond donors (Lipinski definition) is 2. The van der Waals surface area contributed by atoms with Crippen molar-refractivity contribution in [2.24, 2.45) is 0 Å². The molecule has 0 saturated carbocycles. The van der Waals surface area contributed by atoms with E-state index < -0.39 is 0 Å². The number of unbranched alkanes of at least 4 members (excludes halogenated alkanes) is 6. The Bertz CT molecular complexity index is 614. The van der Waals surface area contributed by atoms with Gasteiger partial charge in [0.1, 0.15) is 5.00 Å². The van der Waals surface area contributed by atoms with Gasteiger partial charge in [-0.05, 0) is 49.9 Å². The maximum atomic E-state index is 12.3. The summed E-state index contributed by atoms with van der Waals surface area (Å²) in [4.78, 5) is 13.7. The Kier molecular flexibility index (Phi) is 10.1. The number of ether oxygens (including phenoxy) is 1. The summed E-state index contributed by atoms with van der Waals surface area (Å²) in [6.45, 7) is 3.12. The molecule has 152 valence electrons. The molecule has 1 aromatic heterocycles. The lowest BCUT2D eigenvalue weighted by atomic mass is 10.1. The summed E-state index contributed by atoms with van der Waals surface area (Å²) in [7, 11) is 1.45. The lowest BCUT2D eigenvalue weighted by Crippen LogP contribution is -2.29. The molecule has 0 fully saturated rings. The Balaban J connectivity index is 1.83. The zero-order chi connectivity index (χ0) is 19.5. The lowest BCUT2D eigenvalue weighted by molar-refractivity contribution is 0.0601. The van der Waals surface area contributed by atoms with Crippen molar-refractivity contribution in [2.45, 2.75) is 84.0 Å². The van der Waals surface area contributed by atoms with Crippen LogP contribution in [0, 0.1) is 0 Å². The first-order chi connectivity index (χ1) is 13.2. The number of fused-ring (bicyclic) bond motifs is 1. The largest absolute Gasteiger partial charge is 0.465 e. The normalized spacial score (nSPS) is 13.6. The molecule has 0 bridgehead atoms. The molecule has 0 aliphatic heterocycles. The zero-order valence-electron chi connectivity index (χ0n) is 16.8. The molecule has 1 aliphatic rings. The molecule has 6 heteroatoms. The van der Waals surface area contributed by atoms with Crippen LogP contribution in [0.5, 0.6) is 0 Å². The van der Waals surface area contributed by atoms with E-state index in [2.05, 4.69) is 17.6 Å². The molecule has 1 aromatic rings. The van der Waals surface area contributed by atoms with Crippen LogP contribution in [0.2, 0.25) is 0 Å². The van der Waals surface area contributed by atoms with Gasteiger partial charge in [-0.2, -0.15) is 0 Å². The van der Waals surface area contributed by atoms with Crippen LogP contribution >= 0.6 is 23.6 Å². The number of carbonyl (C=O) groups is 1. The SMILES string of the molecule is CCCCCCCCCNC(=S)Nc1sc2c(c1C(=O)OC)CCCCC2. The molecule has 2 rings (SSSR count). The van der Waals surface area contributed by atoms with Gasteiger partial charge in [-0.1, -0.05) is 51.9 Å². The maximum Gasteiger partial charge on any atom is 0.341 e. The van der Waals surface area contributed by atoms with E-state index in [4.69, 9.17) is 17.0 Å². The number of esters is 1. The van der Waals surface area contributed by atoms with Crippen molar-refractivity contribution >= 4 is 39.6 Å². The van der Waals surface area contributed by atoms with Crippen LogP contribution in [0.3, 0.4) is 0 Å². The molecule has 1 aliphatic carbocycles. The van der Waals surface area contributed by atoms with E-state index in [1.54, 1.807) is 11.3 Å². The molecule has 27 heavy (non-hydrogen) atoms. The molecule has 0 unspecified atom stereocenters. The minimum absolute atomic E-state index is 0.258. The van der Waals surface area contributed by atoms with Gasteiger partial charge in [0.15, 0.2) is 5.11 Å². The standard InChI is InChI=1S/C21H34N2O2S2/c1-3-4-5-6-7-8-12-15-22-21(26)23-19-18(20(24)25-2)16-13-10-9-11-14-17(16)27-19/h3-15H2,1-2H3,(H2,22,23,26). The average Bonchev–Trinajstić information content (AvgIpc) is 2.84. The molecule has 0 aromatic carbocycles. The highest BCUT2D eigenvalue weighted by Gasteiger charge is 2.25. The summed E-state index contributed by atoms with van der Waals surface area (Å²) in [6.07, 6.45) is 14.5. The minimum atomic E-state index is -0.258. The van der Waals surface area contributed by atoms with Crippen LogP contribution in [0.15, 0.2) is 0 Å². The van der Waals surface area contributed by atoms with Crippen molar-refractivity contribution in [1.82, 2.24) is 5.32 Å². The van der Waals surface area contributed by atoms with E-state index in [0.29, 0.717) is 10.7 Å². The summed E-state index contributed by atoms with van der Waals surface area (Å²) in [5, 5.41) is 7.98. The number of aryl methyl sites for hydroxylation is 1. The summed E-state index contributed by atoms with van der Waals surface area (Å²) in [5.41, 5.74) is 1.86. The smallest absolute Gasteiger partial charge is 0.341 e. The van der Waals surface area contributed by atoms with Crippen LogP contribution in [-0.2, 0) is 17.6 Å². The molecule has 0 atom stereocenters. The number of thiophene rings is 1. The third-order valence-corrected chi connectivity index (χ3v) is 6.56. The third-order valence-electron chi connectivity index (χ3n) is 5.10. The van der Waals surface area contributed by atoms with Crippen molar-refractivity contribution in [2.75, 3.05) is 19.0 Å². The predicted molar refractivity (Wildman–Crippen MR) is 119 cm³/mol. The number of thiocarbonyl (C=S) groups is 1. The summed E-state index contributed by atoms with van der Waals surface area (Å²) >= 11 is 7.12. The fraction of sp³-hybridized carbons (Fsp3) is 0.714. The van der Waals surface area contributed by atoms with Gasteiger partial charge in [-0.15, -0.1) is 11.3 Å². The molecule has 0 saturated heterocycles. The first-order valence-electron chi connectivity index (χ1n) is 10.4. The molecule has 0 spiro atoms. The molecule has 0 amide bonds. The number of nitrogens with one attached hydrogen (secondary N) is 2. The zero-order valence-corrected chi connectivity index (χ0v) is 18.5. The number of carbonyl (C=O) groups excluding carboxylic acids is 1. The predicted octanol–water partition coefficient (Wildman–Crippen LogP) is 5.84. The quantitative estimate of drug-likeness (QED) is 0.220. The van der Waals surface area contributed by atoms with Gasteiger partial charge in [0, 0.05) is 11.4 Å². The van der Waals surface area contributed by atoms with Crippen molar-refractivity contribution < 1.29 is 9.53 Å². The molecular weight excluding hydrogens is 376 g/mol. The second-order valence-corrected chi connectivity index (χ2v) is 8.78. The summed E-state index contributed by atoms with van der Waals surface area (Å²) in [5.74, 6) is -0.258. The molecular formula is C21H34N2O2S2. The minimum Gasteiger partial charge on any atom is -0.465 e. The number of rotatable bonds is 10. The lowest BCUT2D eigenvalue weighted by Gasteiger charge is -2.11. The first-order valence-corrected chi connectivity index (χ1v) is 11.7. The summed E-state index contributed by atoms with van der Waals surface area (Å²) < 4.78 is 5.04. The number of methoxy groups -OCH3 is 1. The Labute approximate surface area is 173 Å². The Morgan fingerprint density at radius 3 is 2.52 bits per heavy atom. The second kappa shape index (κ2) is 12.3. The van der Waals surface area contributed by atoms with Gasteiger partial charge in [0.2, 0.25) is 0 Å². The van der Waals surface area contributed by atoms with Gasteiger partial charge >= 0.3 is 5.97 Å². The van der Waals surface area contributed by atoms with Crippen molar-refractivity contribution in [1.29, 1.82) is 0 Å². The average molecular weight is 411 g/mol. The van der Waals surface area contributed by atoms with Crippen LogP contribution in [0.4, 0.5) is 5.00 Å². The number of hydrogen-bond acceptors (Lipinski definition) is 4. The Morgan fingerprint density at radius 1 is 1.07 bits per heavy atom. The van der Waals surface area contributed by atoms with Gasteiger partial charge in [0.05, 0.1) is 12.7 Å². The van der Waals surface area contributed by atoms with Crippen LogP contribution in [0.25, 0.3) is 0 Å². The Hall–Kier alpha value is -1.14. The van der Waals surface area contributed by atoms with Crippen molar-refractivity contribution in [3.8, 4) is 0 Å². The molecule has 4 nitrogen and oxygen atoms in total. The molecule has 1 heterocycles. The van der Waals surface area contributed by atoms with Crippen LogP contribution in [-0.4, -0.2) is 24.7 Å². The highest BCUT2D eigenvalue weighted by Crippen LogP contribution is 2.37. The van der Waals surface area contributed by atoms with E-state index in [1.165, 1.54) is 68.9 Å². The van der Waals surface area contributed by atoms with E-state index in [-0.39, 0.29) is 5.97 Å². The van der Waals surface area contributed by atoms with Gasteiger partial charge in [-0.3, -0.25) is 0 Å². The first kappa shape index (κ1) is 22.2. The van der Waals surface area contributed by atoms with Crippen LogP contribution in [0.1, 0.15) is 91.9 Å². The monoisotopic (exact) mass is 410 g/mol. The van der Waals surface area contributed by atoms with E-state index in [1.807, 2.05) is 0 Å². The van der Waals surface area contributed by atoms with E-state index >= 15 is 0 Å². The molecule has 0 radical (unpaired) electrons. The third kappa shape index (κ3) is 7.07. The fourth-order valence-electron chi connectivity index (χ4n) is 3.58. The van der Waals surface area contributed by atoms with E-state index in [9.17, 15) is 4.79 Å². The highest BCUT2D eigenvalue weighted by molar-refractivity contribution is 7.80. The Morgan fingerprint density at radius 2 is 1.78 bits per heavy atom. The maximum absolute atomic E-state index is 12.3. The van der Waals surface area contributed by atoms with Gasteiger partial charge < -0.3 is 15.4 Å². The van der Waals surface area contributed by atoms with Crippen LogP contribution < -0.4 is 10.6 Å². The number of anilines is 1. The van der Waals surface area contributed by atoms with Crippen molar-refractivity contribution in [3.05, 3.63) is 16.0 Å². The second-order valence-electron chi connectivity index (χ2n) is 7.26. The van der Waals surface area contributed by atoms with Gasteiger partial charge in [0.25, 0.3) is 0 Å². The van der Waals surface area contributed by atoms with Gasteiger partial charge in [-0.25, -0.2) is 4.79 Å². The summed E-state index contributed by atoms with van der Waals surface area (Å²) in [6, 6.07) is 0. The van der Waals surface area contributed by atoms with E-state index in [0.717, 1.165) is 37.2 Å². The fourth-order valence-corrected chi connectivity index (χ4v) is 5.13. The molecule has 2 N–H and O–H groups in total. The highest BCUT2D eigenvalue weighted by atomic mass is 32.1. The topological polar surface area (TPSA) is 50.4 Å². The van der Waals surface area contributed by atoms with Crippen molar-refractivity contribution in [3.63, 3.8) is 0 Å².